The van der Waals surface area contributed by atoms with Gasteiger partial charge in [0.05, 0.1) is 6.54 Å². The van der Waals surface area contributed by atoms with Crippen LogP contribution in [0.4, 0.5) is 10.1 Å². The Labute approximate surface area is 194 Å². The van der Waals surface area contributed by atoms with Crippen molar-refractivity contribution in [3.8, 4) is 0 Å². The van der Waals surface area contributed by atoms with Crippen molar-refractivity contribution in [2.75, 3.05) is 25.5 Å². The number of amides is 1. The molecule has 1 amide bonds. The normalized spacial score (nSPS) is 19.1. The number of carbonyl (C=O) groups excluding carboxylic acids is 1. The number of halogens is 2. The standard InChI is InChI=1S/C22H28FN5O.HI/c1-16-11-20(15-28(16)14-17-7-4-3-5-8-17)27-22(24-2)25-13-21(29)26-19-10-6-9-18(23)12-19;/h3-10,12,16,20H,11,13-15H2,1-2H3,(H,26,29)(H2,24,25,27);1H. The SMILES string of the molecule is CN=C(NCC(=O)Nc1cccc(F)c1)NC1CC(C)N(Cc2ccccc2)C1.I. The molecule has 1 fully saturated rings. The molecule has 8 heteroatoms. The predicted molar refractivity (Wildman–Crippen MR) is 130 cm³/mol. The Bertz CT molecular complexity index is 848. The molecule has 1 aliphatic rings. The molecule has 0 spiro atoms. The second kappa shape index (κ2) is 11.8. The number of aliphatic imine (C=N–C) groups is 1. The van der Waals surface area contributed by atoms with E-state index in [1.54, 1.807) is 19.2 Å². The van der Waals surface area contributed by atoms with Crippen molar-refractivity contribution in [2.24, 2.45) is 4.99 Å². The van der Waals surface area contributed by atoms with Crippen LogP contribution in [-0.4, -0.2) is 49.0 Å². The Morgan fingerprint density at radius 3 is 2.67 bits per heavy atom. The van der Waals surface area contributed by atoms with Crippen LogP contribution in [0.2, 0.25) is 0 Å². The van der Waals surface area contributed by atoms with Crippen LogP contribution in [0.25, 0.3) is 0 Å². The maximum Gasteiger partial charge on any atom is 0.243 e. The summed E-state index contributed by atoms with van der Waals surface area (Å²) in [6.45, 7) is 4.11. The van der Waals surface area contributed by atoms with Gasteiger partial charge < -0.3 is 16.0 Å². The molecule has 2 aromatic carbocycles. The van der Waals surface area contributed by atoms with E-state index in [0.29, 0.717) is 17.7 Å². The zero-order valence-corrected chi connectivity index (χ0v) is 19.6. The number of guanidine groups is 1. The van der Waals surface area contributed by atoms with Crippen LogP contribution in [0.15, 0.2) is 59.6 Å². The second-order valence-electron chi connectivity index (χ2n) is 7.33. The predicted octanol–water partition coefficient (Wildman–Crippen LogP) is 3.21. The highest BCUT2D eigenvalue weighted by atomic mass is 127. The zero-order chi connectivity index (χ0) is 20.6. The number of rotatable bonds is 6. The molecule has 0 radical (unpaired) electrons. The third-order valence-electron chi connectivity index (χ3n) is 5.02. The topological polar surface area (TPSA) is 68.8 Å². The van der Waals surface area contributed by atoms with Gasteiger partial charge in [0.15, 0.2) is 5.96 Å². The smallest absolute Gasteiger partial charge is 0.243 e. The maximum atomic E-state index is 13.2. The van der Waals surface area contributed by atoms with Crippen LogP contribution >= 0.6 is 24.0 Å². The van der Waals surface area contributed by atoms with Crippen LogP contribution in [0.1, 0.15) is 18.9 Å². The van der Waals surface area contributed by atoms with Gasteiger partial charge in [-0.3, -0.25) is 14.7 Å². The average Bonchev–Trinajstić information content (AvgIpc) is 3.04. The summed E-state index contributed by atoms with van der Waals surface area (Å²) < 4.78 is 13.2. The molecule has 2 aromatic rings. The lowest BCUT2D eigenvalue weighted by atomic mass is 10.2. The quantitative estimate of drug-likeness (QED) is 0.308. The van der Waals surface area contributed by atoms with Gasteiger partial charge in [-0.25, -0.2) is 4.39 Å². The molecule has 162 valence electrons. The molecule has 2 unspecified atom stereocenters. The number of anilines is 1. The van der Waals surface area contributed by atoms with Crippen LogP contribution in [0.3, 0.4) is 0 Å². The van der Waals surface area contributed by atoms with Gasteiger partial charge in [0.2, 0.25) is 5.91 Å². The van der Waals surface area contributed by atoms with Gasteiger partial charge in [0, 0.05) is 37.9 Å². The van der Waals surface area contributed by atoms with Crippen molar-refractivity contribution < 1.29 is 9.18 Å². The number of carbonyl (C=O) groups is 1. The van der Waals surface area contributed by atoms with Gasteiger partial charge in [-0.1, -0.05) is 36.4 Å². The Hall–Kier alpha value is -2.20. The van der Waals surface area contributed by atoms with E-state index in [-0.39, 0.29) is 48.3 Å². The van der Waals surface area contributed by atoms with Gasteiger partial charge in [-0.05, 0) is 37.1 Å². The summed E-state index contributed by atoms with van der Waals surface area (Å²) in [5, 5.41) is 9.09. The molecule has 1 saturated heterocycles. The summed E-state index contributed by atoms with van der Waals surface area (Å²) in [5.74, 6) is -0.0640. The van der Waals surface area contributed by atoms with Crippen molar-refractivity contribution in [2.45, 2.75) is 32.0 Å². The minimum absolute atomic E-state index is 0. The molecule has 0 saturated carbocycles. The van der Waals surface area contributed by atoms with E-state index in [4.69, 9.17) is 0 Å². The first-order valence-electron chi connectivity index (χ1n) is 9.84. The third kappa shape index (κ3) is 7.24. The lowest BCUT2D eigenvalue weighted by Crippen LogP contribution is -2.46. The molecule has 1 aliphatic heterocycles. The second-order valence-corrected chi connectivity index (χ2v) is 7.33. The van der Waals surface area contributed by atoms with Gasteiger partial charge in [-0.2, -0.15) is 0 Å². The molecular weight excluding hydrogens is 496 g/mol. The highest BCUT2D eigenvalue weighted by Crippen LogP contribution is 2.20. The molecule has 3 N–H and O–H groups in total. The monoisotopic (exact) mass is 525 g/mol. The highest BCUT2D eigenvalue weighted by Gasteiger charge is 2.29. The first kappa shape index (κ1) is 24.1. The number of hydrogen-bond donors (Lipinski definition) is 3. The zero-order valence-electron chi connectivity index (χ0n) is 17.3. The minimum Gasteiger partial charge on any atom is -0.352 e. The summed E-state index contributed by atoms with van der Waals surface area (Å²) in [6.07, 6.45) is 1.00. The minimum atomic E-state index is -0.386. The lowest BCUT2D eigenvalue weighted by Gasteiger charge is -2.21. The van der Waals surface area contributed by atoms with Gasteiger partial charge in [0.25, 0.3) is 0 Å². The highest BCUT2D eigenvalue weighted by molar-refractivity contribution is 14.0. The fourth-order valence-electron chi connectivity index (χ4n) is 3.56. The molecule has 0 aromatic heterocycles. The van der Waals surface area contributed by atoms with E-state index < -0.39 is 0 Å². The lowest BCUT2D eigenvalue weighted by molar-refractivity contribution is -0.115. The molecule has 3 rings (SSSR count). The van der Waals surface area contributed by atoms with E-state index in [9.17, 15) is 9.18 Å². The van der Waals surface area contributed by atoms with Crippen molar-refractivity contribution in [1.29, 1.82) is 0 Å². The molecule has 30 heavy (non-hydrogen) atoms. The summed E-state index contributed by atoms with van der Waals surface area (Å²) in [5.41, 5.74) is 1.73. The van der Waals surface area contributed by atoms with Crippen LogP contribution < -0.4 is 16.0 Å². The Kier molecular flexibility index (Phi) is 9.51. The molecule has 6 nitrogen and oxygen atoms in total. The van der Waals surface area contributed by atoms with Gasteiger partial charge >= 0.3 is 0 Å². The van der Waals surface area contributed by atoms with Crippen LogP contribution in [0.5, 0.6) is 0 Å². The maximum absolute atomic E-state index is 13.2. The van der Waals surface area contributed by atoms with Crippen LogP contribution in [-0.2, 0) is 11.3 Å². The third-order valence-corrected chi connectivity index (χ3v) is 5.02. The molecular formula is C22H29FIN5O. The number of hydrogen-bond acceptors (Lipinski definition) is 3. The summed E-state index contributed by atoms with van der Waals surface area (Å²) >= 11 is 0. The van der Waals surface area contributed by atoms with E-state index in [1.165, 1.54) is 17.7 Å². The number of nitrogens with one attached hydrogen (secondary N) is 3. The Morgan fingerprint density at radius 2 is 1.97 bits per heavy atom. The summed E-state index contributed by atoms with van der Waals surface area (Å²) in [7, 11) is 1.68. The first-order chi connectivity index (χ1) is 14.0. The van der Waals surface area contributed by atoms with E-state index in [0.717, 1.165) is 19.5 Å². The number of benzene rings is 2. The van der Waals surface area contributed by atoms with Gasteiger partial charge in [0.1, 0.15) is 5.82 Å². The fraction of sp³-hybridized carbons (Fsp3) is 0.364. The molecule has 0 aliphatic carbocycles. The van der Waals surface area contributed by atoms with Crippen molar-refractivity contribution in [3.05, 3.63) is 66.0 Å². The molecule has 1 heterocycles. The summed E-state index contributed by atoms with van der Waals surface area (Å²) in [6, 6.07) is 17.0. The van der Waals surface area contributed by atoms with Crippen LogP contribution in [0, 0.1) is 5.82 Å². The van der Waals surface area contributed by atoms with E-state index in [2.05, 4.69) is 57.0 Å². The van der Waals surface area contributed by atoms with E-state index in [1.807, 2.05) is 6.07 Å². The average molecular weight is 525 g/mol. The first-order valence-corrected chi connectivity index (χ1v) is 9.84. The Balaban J connectivity index is 0.00000320. The summed E-state index contributed by atoms with van der Waals surface area (Å²) in [4.78, 5) is 18.8. The molecule has 0 bridgehead atoms. The van der Waals surface area contributed by atoms with Crippen molar-refractivity contribution in [3.63, 3.8) is 0 Å². The number of likely N-dealkylation sites (tertiary alicyclic amines) is 1. The number of nitrogens with zero attached hydrogens (tertiary/aromatic N) is 2. The van der Waals surface area contributed by atoms with Crippen molar-refractivity contribution in [1.82, 2.24) is 15.5 Å². The van der Waals surface area contributed by atoms with Gasteiger partial charge in [-0.15, -0.1) is 24.0 Å². The fourth-order valence-corrected chi connectivity index (χ4v) is 3.56. The largest absolute Gasteiger partial charge is 0.352 e. The van der Waals surface area contributed by atoms with E-state index >= 15 is 0 Å². The molecule has 2 atom stereocenters. The Morgan fingerprint density at radius 1 is 1.20 bits per heavy atom. The van der Waals surface area contributed by atoms with Crippen molar-refractivity contribution >= 4 is 41.5 Å².